The molecular formula is C36H46N4O8S. The predicted molar refractivity (Wildman–Crippen MR) is 190 cm³/mol. The van der Waals surface area contributed by atoms with Crippen molar-refractivity contribution < 1.29 is 33.3 Å². The van der Waals surface area contributed by atoms with Crippen molar-refractivity contribution in [2.45, 2.75) is 72.4 Å². The number of ether oxygens (including phenoxy) is 4. The summed E-state index contributed by atoms with van der Waals surface area (Å²) in [6, 6.07) is 5.56. The Labute approximate surface area is 290 Å². The van der Waals surface area contributed by atoms with Crippen LogP contribution in [-0.4, -0.2) is 57.2 Å². The fourth-order valence-electron chi connectivity index (χ4n) is 6.05. The van der Waals surface area contributed by atoms with Gasteiger partial charge in [0, 0.05) is 17.4 Å². The second-order valence-corrected chi connectivity index (χ2v) is 13.6. The van der Waals surface area contributed by atoms with Crippen LogP contribution in [0.15, 0.2) is 29.1 Å². The molecule has 4 rings (SSSR count). The van der Waals surface area contributed by atoms with Gasteiger partial charge in [0.1, 0.15) is 6.04 Å². The summed E-state index contributed by atoms with van der Waals surface area (Å²) in [5.74, 6) is 0.216. The van der Waals surface area contributed by atoms with Crippen LogP contribution < -0.4 is 35.6 Å². The third-order valence-electron chi connectivity index (χ3n) is 8.62. The minimum atomic E-state index is -0.823. The van der Waals surface area contributed by atoms with Gasteiger partial charge in [-0.15, -0.1) is 11.3 Å². The lowest BCUT2D eigenvalue weighted by Gasteiger charge is -2.23. The van der Waals surface area contributed by atoms with Crippen molar-refractivity contribution in [3.8, 4) is 28.4 Å². The second-order valence-electron chi connectivity index (χ2n) is 12.5. The zero-order chi connectivity index (χ0) is 36.0. The summed E-state index contributed by atoms with van der Waals surface area (Å²) in [5, 5.41) is 9.36. The smallest absolute Gasteiger partial charge is 0.357 e. The molecule has 49 heavy (non-hydrogen) atoms. The first-order valence-electron chi connectivity index (χ1n) is 16.3. The predicted octanol–water partition coefficient (Wildman–Crippen LogP) is 5.77. The molecule has 13 heteroatoms. The zero-order valence-electron chi connectivity index (χ0n) is 29.6. The second kappa shape index (κ2) is 16.2. The summed E-state index contributed by atoms with van der Waals surface area (Å²) in [6.45, 7) is 9.38. The molecule has 0 bridgehead atoms. The number of hydrogen-bond acceptors (Lipinski definition) is 11. The van der Waals surface area contributed by atoms with Crippen molar-refractivity contribution in [2.75, 3.05) is 39.1 Å². The van der Waals surface area contributed by atoms with E-state index in [1.54, 1.807) is 26.4 Å². The Morgan fingerprint density at radius 2 is 1.73 bits per heavy atom. The van der Waals surface area contributed by atoms with E-state index >= 15 is 0 Å². The SMILES string of the molecule is CC[C@H](C)[C@@H](Nc1ccc2c(cc1=O)[C@@H](NC(C)=O)CCc1cc(OC)c(OC)c(OC)c1-2)C(=O)Nc1nc(C(=O)OC)c(CC(C)C)s1. The first-order valence-corrected chi connectivity index (χ1v) is 17.1. The summed E-state index contributed by atoms with van der Waals surface area (Å²) in [5.41, 5.74) is 2.94. The summed E-state index contributed by atoms with van der Waals surface area (Å²) >= 11 is 1.23. The van der Waals surface area contributed by atoms with Gasteiger partial charge in [0.2, 0.25) is 23.0 Å². The number of nitrogens with one attached hydrogen (secondary N) is 3. The lowest BCUT2D eigenvalue weighted by molar-refractivity contribution is -0.120. The topological polar surface area (TPSA) is 154 Å². The quantitative estimate of drug-likeness (QED) is 0.188. The molecule has 0 fully saturated rings. The van der Waals surface area contributed by atoms with E-state index in [4.69, 9.17) is 18.9 Å². The van der Waals surface area contributed by atoms with Crippen molar-refractivity contribution in [1.29, 1.82) is 0 Å². The molecule has 0 radical (unpaired) electrons. The fourth-order valence-corrected chi connectivity index (χ4v) is 7.21. The number of aryl methyl sites for hydroxylation is 1. The first-order chi connectivity index (χ1) is 23.4. The van der Waals surface area contributed by atoms with Gasteiger partial charge >= 0.3 is 5.97 Å². The number of thiazole rings is 1. The van der Waals surface area contributed by atoms with E-state index in [0.29, 0.717) is 54.1 Å². The number of methoxy groups -OCH3 is 4. The first kappa shape index (κ1) is 37.2. The summed E-state index contributed by atoms with van der Waals surface area (Å²) in [6.07, 6.45) is 2.32. The molecule has 3 atom stereocenters. The van der Waals surface area contributed by atoms with Gasteiger partial charge in [-0.3, -0.25) is 14.4 Å². The number of esters is 1. The molecule has 1 aliphatic carbocycles. The van der Waals surface area contributed by atoms with Crippen LogP contribution in [0.1, 0.15) is 80.0 Å². The summed E-state index contributed by atoms with van der Waals surface area (Å²) in [7, 11) is 5.92. The Morgan fingerprint density at radius 3 is 2.33 bits per heavy atom. The largest absolute Gasteiger partial charge is 0.493 e. The normalized spacial score (nSPS) is 14.8. The van der Waals surface area contributed by atoms with Crippen LogP contribution in [0, 0.1) is 11.8 Å². The lowest BCUT2D eigenvalue weighted by atomic mass is 9.95. The number of anilines is 2. The lowest BCUT2D eigenvalue weighted by Crippen LogP contribution is -2.40. The Balaban J connectivity index is 1.81. The van der Waals surface area contributed by atoms with E-state index < -0.39 is 24.0 Å². The van der Waals surface area contributed by atoms with Gasteiger partial charge in [-0.2, -0.15) is 0 Å². The Kier molecular flexibility index (Phi) is 12.3. The number of rotatable bonds is 13. The fraction of sp³-hybridized carbons (Fsp3) is 0.472. The maximum Gasteiger partial charge on any atom is 0.357 e. The molecule has 1 heterocycles. The summed E-state index contributed by atoms with van der Waals surface area (Å²) < 4.78 is 22.1. The maximum absolute atomic E-state index is 14.0. The molecule has 2 aromatic carbocycles. The monoisotopic (exact) mass is 694 g/mol. The van der Waals surface area contributed by atoms with Gasteiger partial charge in [0.15, 0.2) is 22.3 Å². The van der Waals surface area contributed by atoms with E-state index in [0.717, 1.165) is 16.0 Å². The van der Waals surface area contributed by atoms with Gasteiger partial charge in [-0.05, 0) is 66.0 Å². The van der Waals surface area contributed by atoms with Crippen LogP contribution in [-0.2, 0) is 27.2 Å². The van der Waals surface area contributed by atoms with Crippen molar-refractivity contribution >= 4 is 39.9 Å². The highest BCUT2D eigenvalue weighted by atomic mass is 32.1. The van der Waals surface area contributed by atoms with Crippen molar-refractivity contribution in [1.82, 2.24) is 10.3 Å². The highest BCUT2D eigenvalue weighted by Gasteiger charge is 2.31. The molecule has 0 unspecified atom stereocenters. The van der Waals surface area contributed by atoms with E-state index in [1.165, 1.54) is 38.5 Å². The van der Waals surface area contributed by atoms with Crippen LogP contribution in [0.2, 0.25) is 0 Å². The molecule has 3 N–H and O–H groups in total. The molecule has 0 spiro atoms. The molecule has 1 aromatic heterocycles. The number of aromatic nitrogens is 1. The number of fused-ring (bicyclic) bond motifs is 3. The minimum Gasteiger partial charge on any atom is -0.493 e. The van der Waals surface area contributed by atoms with Gasteiger partial charge in [0.05, 0.1) is 40.2 Å². The Bertz CT molecular complexity index is 1770. The number of carbonyl (C=O) groups excluding carboxylic acids is 3. The van der Waals surface area contributed by atoms with E-state index in [-0.39, 0.29) is 39.7 Å². The molecule has 0 aliphatic heterocycles. The highest BCUT2D eigenvalue weighted by Crippen LogP contribution is 2.50. The number of nitrogens with zero attached hydrogens (tertiary/aromatic N) is 1. The summed E-state index contributed by atoms with van der Waals surface area (Å²) in [4.78, 5) is 57.7. The number of hydrogen-bond donors (Lipinski definition) is 3. The van der Waals surface area contributed by atoms with Crippen LogP contribution in [0.25, 0.3) is 11.1 Å². The molecule has 3 aromatic rings. The third-order valence-corrected chi connectivity index (χ3v) is 9.62. The van der Waals surface area contributed by atoms with Gasteiger partial charge in [-0.1, -0.05) is 40.2 Å². The molecule has 12 nitrogen and oxygen atoms in total. The van der Waals surface area contributed by atoms with E-state index in [1.807, 2.05) is 33.8 Å². The molecular weight excluding hydrogens is 648 g/mol. The number of benzene rings is 1. The van der Waals surface area contributed by atoms with Crippen molar-refractivity contribution in [2.24, 2.45) is 11.8 Å². The van der Waals surface area contributed by atoms with E-state index in [2.05, 4.69) is 20.9 Å². The molecule has 2 amide bonds. The number of carbonyl (C=O) groups is 3. The number of amides is 2. The molecule has 0 saturated heterocycles. The van der Waals surface area contributed by atoms with Gasteiger partial charge in [0.25, 0.3) is 0 Å². The van der Waals surface area contributed by atoms with Crippen molar-refractivity contribution in [3.63, 3.8) is 0 Å². The van der Waals surface area contributed by atoms with Gasteiger partial charge < -0.3 is 34.9 Å². The average molecular weight is 695 g/mol. The zero-order valence-corrected chi connectivity index (χ0v) is 30.4. The van der Waals surface area contributed by atoms with Crippen LogP contribution in [0.4, 0.5) is 10.8 Å². The standard InChI is InChI=1S/C36H46N4O8S/c1-10-19(4)30(34(43)40-36-39-31(35(44)48-9)28(49-36)15-18(2)3)38-25-14-12-22-23(17-26(25)42)24(37-20(5)41)13-11-21-16-27(45-6)32(46-7)33(47-8)29(21)22/h12,14,16-19,24,30H,10-11,13,15H2,1-9H3,(H,37,41)(H,38,42)(H,39,40,43)/t19-,24-,30+/m0/s1. The average Bonchev–Trinajstić information content (AvgIpc) is 3.30. The van der Waals surface area contributed by atoms with Crippen LogP contribution >= 0.6 is 11.3 Å². The maximum atomic E-state index is 14.0. The van der Waals surface area contributed by atoms with Crippen LogP contribution in [0.5, 0.6) is 17.2 Å². The van der Waals surface area contributed by atoms with Gasteiger partial charge in [-0.25, -0.2) is 9.78 Å². The van der Waals surface area contributed by atoms with E-state index in [9.17, 15) is 19.2 Å². The molecule has 1 aliphatic rings. The third kappa shape index (κ3) is 8.15. The highest BCUT2D eigenvalue weighted by molar-refractivity contribution is 7.16. The van der Waals surface area contributed by atoms with Crippen molar-refractivity contribution in [3.05, 3.63) is 56.2 Å². The molecule has 0 saturated carbocycles. The minimum absolute atomic E-state index is 0.182. The Morgan fingerprint density at radius 1 is 1.02 bits per heavy atom. The van der Waals surface area contributed by atoms with Crippen LogP contribution in [0.3, 0.4) is 0 Å². The Hall–Kier alpha value is -4.65. The molecule has 264 valence electrons.